The molecule has 0 aromatic rings. The van der Waals surface area contributed by atoms with Gasteiger partial charge in [0.05, 0.1) is 25.2 Å². The van der Waals surface area contributed by atoms with Crippen molar-refractivity contribution < 1.29 is 24.5 Å². The van der Waals surface area contributed by atoms with Crippen molar-refractivity contribution in [3.8, 4) is 0 Å². The zero-order valence-electron chi connectivity index (χ0n) is 44.6. The van der Waals surface area contributed by atoms with Gasteiger partial charge in [-0.05, 0) is 57.8 Å². The summed E-state index contributed by atoms with van der Waals surface area (Å²) in [6, 6.07) is -0.698. The van der Waals surface area contributed by atoms with Crippen LogP contribution in [0.3, 0.4) is 0 Å². The fraction of sp³-hybridized carbons (Fsp3) is 0.900. The van der Waals surface area contributed by atoms with Crippen LogP contribution in [0.25, 0.3) is 0 Å². The monoisotopic (exact) mass is 930 g/mol. The first-order chi connectivity index (χ1) is 32.5. The largest absolute Gasteiger partial charge is 0.462 e. The molecule has 0 radical (unpaired) electrons. The summed E-state index contributed by atoms with van der Waals surface area (Å²) in [7, 11) is 0. The van der Waals surface area contributed by atoms with Gasteiger partial charge >= 0.3 is 5.97 Å². The summed E-state index contributed by atoms with van der Waals surface area (Å²) in [4.78, 5) is 26.3. The highest BCUT2D eigenvalue weighted by Gasteiger charge is 2.24. The predicted octanol–water partition coefficient (Wildman–Crippen LogP) is 18.2. The number of amides is 1. The number of aliphatic hydroxyl groups excluding tert-OH is 2. The molecule has 0 fully saturated rings. The van der Waals surface area contributed by atoms with Gasteiger partial charge in [-0.1, -0.05) is 276 Å². The molecule has 0 aliphatic heterocycles. The second kappa shape index (κ2) is 54.3. The van der Waals surface area contributed by atoms with Crippen molar-refractivity contribution in [3.63, 3.8) is 0 Å². The van der Waals surface area contributed by atoms with E-state index in [-0.39, 0.29) is 24.9 Å². The van der Waals surface area contributed by atoms with Crippen LogP contribution in [0.15, 0.2) is 24.3 Å². The molecule has 66 heavy (non-hydrogen) atoms. The van der Waals surface area contributed by atoms with Gasteiger partial charge in [0.25, 0.3) is 0 Å². The number of rotatable bonds is 54. The van der Waals surface area contributed by atoms with Crippen molar-refractivity contribution in [2.75, 3.05) is 6.61 Å². The first-order valence-electron chi connectivity index (χ1n) is 29.6. The molecule has 0 aliphatic carbocycles. The molecular weight excluding hydrogens is 815 g/mol. The number of allylic oxidation sites excluding steroid dienone is 4. The Morgan fingerprint density at radius 1 is 0.439 bits per heavy atom. The van der Waals surface area contributed by atoms with Crippen LogP contribution in [0, 0.1) is 0 Å². The number of carbonyl (C=O) groups excluding carboxylic acids is 2. The second-order valence-corrected chi connectivity index (χ2v) is 20.4. The number of unbranched alkanes of at least 4 members (excludes halogenated alkanes) is 38. The van der Waals surface area contributed by atoms with Crippen molar-refractivity contribution in [1.82, 2.24) is 5.32 Å². The highest BCUT2D eigenvalue weighted by molar-refractivity contribution is 5.77. The Morgan fingerprint density at radius 2 is 0.773 bits per heavy atom. The minimum Gasteiger partial charge on any atom is -0.462 e. The Bertz CT molecular complexity index is 1040. The van der Waals surface area contributed by atoms with Crippen molar-refractivity contribution in [3.05, 3.63) is 24.3 Å². The maximum Gasteiger partial charge on any atom is 0.306 e. The van der Waals surface area contributed by atoms with Crippen LogP contribution in [-0.2, 0) is 14.3 Å². The van der Waals surface area contributed by atoms with Crippen LogP contribution < -0.4 is 5.32 Å². The third-order valence-corrected chi connectivity index (χ3v) is 13.8. The third-order valence-electron chi connectivity index (χ3n) is 13.8. The number of hydrogen-bond donors (Lipinski definition) is 3. The maximum absolute atomic E-state index is 13.3. The SMILES string of the molecule is CCCCC/C=C\C/C=C\CCCCCCCCCCCC(=O)OC(CCCCCCCCCCCCCCC)CC(=O)NC(CO)C(O)CCCCCCCCCCCCCCCCC. The van der Waals surface area contributed by atoms with E-state index in [0.29, 0.717) is 19.3 Å². The van der Waals surface area contributed by atoms with E-state index in [1.165, 1.54) is 225 Å². The van der Waals surface area contributed by atoms with Gasteiger partial charge < -0.3 is 20.3 Å². The average Bonchev–Trinajstić information content (AvgIpc) is 3.31. The fourth-order valence-corrected chi connectivity index (χ4v) is 9.29. The van der Waals surface area contributed by atoms with Crippen molar-refractivity contribution >= 4 is 11.9 Å². The van der Waals surface area contributed by atoms with Crippen LogP contribution in [0.5, 0.6) is 0 Å². The van der Waals surface area contributed by atoms with Crippen LogP contribution in [0.2, 0.25) is 0 Å². The van der Waals surface area contributed by atoms with Gasteiger partial charge in [-0.25, -0.2) is 0 Å². The average molecular weight is 931 g/mol. The van der Waals surface area contributed by atoms with Gasteiger partial charge in [-0.15, -0.1) is 0 Å². The zero-order valence-corrected chi connectivity index (χ0v) is 44.6. The zero-order chi connectivity index (χ0) is 48.1. The van der Waals surface area contributed by atoms with E-state index < -0.39 is 18.2 Å². The minimum absolute atomic E-state index is 0.0823. The lowest BCUT2D eigenvalue weighted by atomic mass is 10.0. The fourth-order valence-electron chi connectivity index (χ4n) is 9.29. The molecule has 0 saturated heterocycles. The van der Waals surface area contributed by atoms with Gasteiger partial charge in [0, 0.05) is 6.42 Å². The second-order valence-electron chi connectivity index (χ2n) is 20.4. The first-order valence-corrected chi connectivity index (χ1v) is 29.6. The predicted molar refractivity (Wildman–Crippen MR) is 287 cm³/mol. The Kier molecular flexibility index (Phi) is 52.9. The molecule has 0 heterocycles. The number of ether oxygens (including phenoxy) is 1. The lowest BCUT2D eigenvalue weighted by molar-refractivity contribution is -0.151. The summed E-state index contributed by atoms with van der Waals surface area (Å²) < 4.78 is 5.97. The van der Waals surface area contributed by atoms with Gasteiger partial charge in [0.1, 0.15) is 6.10 Å². The molecule has 0 bridgehead atoms. The Balaban J connectivity index is 4.47. The smallest absolute Gasteiger partial charge is 0.306 e. The number of nitrogens with one attached hydrogen (secondary N) is 1. The Labute approximate surface area is 411 Å². The van der Waals surface area contributed by atoms with Gasteiger partial charge in [-0.2, -0.15) is 0 Å². The number of carbonyl (C=O) groups is 2. The van der Waals surface area contributed by atoms with E-state index >= 15 is 0 Å². The topological polar surface area (TPSA) is 95.9 Å². The minimum atomic E-state index is -0.784. The lowest BCUT2D eigenvalue weighted by Crippen LogP contribution is -2.46. The molecule has 6 heteroatoms. The van der Waals surface area contributed by atoms with E-state index in [9.17, 15) is 19.8 Å². The maximum atomic E-state index is 13.3. The molecule has 3 atom stereocenters. The summed E-state index contributed by atoms with van der Waals surface area (Å²) in [5, 5.41) is 23.9. The molecule has 3 N–H and O–H groups in total. The van der Waals surface area contributed by atoms with Crippen LogP contribution >= 0.6 is 0 Å². The van der Waals surface area contributed by atoms with Crippen LogP contribution in [0.4, 0.5) is 0 Å². The van der Waals surface area contributed by atoms with Crippen LogP contribution in [-0.4, -0.2) is 46.9 Å². The molecule has 0 aromatic carbocycles. The van der Waals surface area contributed by atoms with E-state index in [4.69, 9.17) is 4.74 Å². The first kappa shape index (κ1) is 64.3. The van der Waals surface area contributed by atoms with Crippen molar-refractivity contribution in [2.24, 2.45) is 0 Å². The van der Waals surface area contributed by atoms with E-state index in [2.05, 4.69) is 50.4 Å². The molecule has 0 aliphatic rings. The Morgan fingerprint density at radius 3 is 1.18 bits per heavy atom. The van der Waals surface area contributed by atoms with E-state index in [1.54, 1.807) is 0 Å². The quantitative estimate of drug-likeness (QED) is 0.0321. The van der Waals surface area contributed by atoms with Crippen molar-refractivity contribution in [2.45, 2.75) is 341 Å². The summed E-state index contributed by atoms with van der Waals surface area (Å²) in [6.45, 7) is 6.50. The van der Waals surface area contributed by atoms with E-state index in [1.807, 2.05) is 0 Å². The third kappa shape index (κ3) is 48.8. The van der Waals surface area contributed by atoms with Crippen LogP contribution in [0.1, 0.15) is 323 Å². The summed E-state index contributed by atoms with van der Waals surface area (Å²) >= 11 is 0. The molecule has 0 aromatic heterocycles. The molecule has 3 unspecified atom stereocenters. The lowest BCUT2D eigenvalue weighted by Gasteiger charge is -2.24. The Hall–Kier alpha value is -1.66. The summed E-state index contributed by atoms with van der Waals surface area (Å²) in [6.07, 6.45) is 63.8. The van der Waals surface area contributed by atoms with Gasteiger partial charge in [0.2, 0.25) is 5.91 Å². The molecule has 6 nitrogen and oxygen atoms in total. The van der Waals surface area contributed by atoms with Gasteiger partial charge in [-0.3, -0.25) is 9.59 Å². The summed E-state index contributed by atoms with van der Waals surface area (Å²) in [5.41, 5.74) is 0. The normalized spacial score (nSPS) is 13.2. The van der Waals surface area contributed by atoms with Gasteiger partial charge in [0.15, 0.2) is 0 Å². The number of esters is 1. The standard InChI is InChI=1S/C60H115NO5/c1-4-7-10-13-16-19-22-25-27-28-29-30-32-35-38-41-44-47-50-53-60(65)66-56(51-48-45-42-39-36-33-24-21-18-15-12-9-6-3)54-59(64)61-57(55-62)58(63)52-49-46-43-40-37-34-31-26-23-20-17-14-11-8-5-2/h16,19,25,27,56-58,62-63H,4-15,17-18,20-24,26,28-55H2,1-3H3,(H,61,64)/b19-16-,27-25-. The highest BCUT2D eigenvalue weighted by Crippen LogP contribution is 2.19. The highest BCUT2D eigenvalue weighted by atomic mass is 16.5. The summed E-state index contributed by atoms with van der Waals surface area (Å²) in [5.74, 6) is -0.457. The number of aliphatic hydroxyl groups is 2. The van der Waals surface area contributed by atoms with E-state index in [0.717, 1.165) is 51.4 Å². The molecule has 1 amide bonds. The molecule has 0 rings (SSSR count). The molecule has 390 valence electrons. The van der Waals surface area contributed by atoms with Crippen molar-refractivity contribution in [1.29, 1.82) is 0 Å². The molecular formula is C60H115NO5. The number of hydrogen-bond acceptors (Lipinski definition) is 5. The molecule has 0 saturated carbocycles. The molecule has 0 spiro atoms.